The third-order valence-electron chi connectivity index (χ3n) is 5.12. The van der Waals surface area contributed by atoms with Crippen LogP contribution in [0.4, 0.5) is 13.2 Å². The van der Waals surface area contributed by atoms with Crippen LogP contribution in [0.5, 0.6) is 5.75 Å². The van der Waals surface area contributed by atoms with Crippen molar-refractivity contribution in [1.82, 2.24) is 9.80 Å². The summed E-state index contributed by atoms with van der Waals surface area (Å²) in [6.45, 7) is 3.75. The number of halogens is 3. The Hall–Kier alpha value is -2.07. The Labute approximate surface area is 168 Å². The molecular formula is C19H23F3N2O4S. The van der Waals surface area contributed by atoms with Gasteiger partial charge in [-0.05, 0) is 62.5 Å². The molecule has 160 valence electrons. The lowest BCUT2D eigenvalue weighted by Crippen LogP contribution is -2.41. The molecule has 0 spiro atoms. The lowest BCUT2D eigenvalue weighted by Gasteiger charge is -2.27. The first-order valence-corrected chi connectivity index (χ1v) is 10.9. The summed E-state index contributed by atoms with van der Waals surface area (Å²) in [5.74, 6) is -0.553. The number of amides is 1. The quantitative estimate of drug-likeness (QED) is 0.393. The molecule has 1 aromatic carbocycles. The van der Waals surface area contributed by atoms with Crippen LogP contribution < -0.4 is 4.18 Å². The number of benzene rings is 1. The van der Waals surface area contributed by atoms with Gasteiger partial charge in [0.25, 0.3) is 0 Å². The Balaban J connectivity index is 1.58. The van der Waals surface area contributed by atoms with Crippen molar-refractivity contribution in [2.24, 2.45) is 0 Å². The summed E-state index contributed by atoms with van der Waals surface area (Å²) in [7, 11) is -5.70. The zero-order valence-corrected chi connectivity index (χ0v) is 16.6. The van der Waals surface area contributed by atoms with Gasteiger partial charge in [-0.3, -0.25) is 4.79 Å². The summed E-state index contributed by atoms with van der Waals surface area (Å²) in [5, 5.41) is 0. The predicted octanol–water partition coefficient (Wildman–Crippen LogP) is 3.02. The Morgan fingerprint density at radius 2 is 1.76 bits per heavy atom. The number of nitrogens with zero attached hydrogens (tertiary/aromatic N) is 2. The zero-order chi connectivity index (χ0) is 21.1. The molecule has 2 heterocycles. The van der Waals surface area contributed by atoms with E-state index in [1.165, 1.54) is 31.1 Å². The minimum atomic E-state index is -5.70. The van der Waals surface area contributed by atoms with Crippen molar-refractivity contribution >= 4 is 22.1 Å². The molecule has 10 heteroatoms. The van der Waals surface area contributed by atoms with Crippen LogP contribution in [0.3, 0.4) is 0 Å². The van der Waals surface area contributed by atoms with E-state index in [-0.39, 0.29) is 11.9 Å². The van der Waals surface area contributed by atoms with E-state index in [0.717, 1.165) is 44.6 Å². The number of likely N-dealkylation sites (tertiary alicyclic amines) is 2. The summed E-state index contributed by atoms with van der Waals surface area (Å²) >= 11 is 0. The molecule has 3 rings (SSSR count). The van der Waals surface area contributed by atoms with Crippen LogP contribution in [0, 0.1) is 0 Å². The smallest absolute Gasteiger partial charge is 0.376 e. The van der Waals surface area contributed by atoms with E-state index in [0.29, 0.717) is 12.1 Å². The van der Waals surface area contributed by atoms with Crippen LogP contribution in [-0.2, 0) is 14.9 Å². The molecule has 1 amide bonds. The fourth-order valence-electron chi connectivity index (χ4n) is 3.65. The summed E-state index contributed by atoms with van der Waals surface area (Å²) in [6, 6.07) is 5.19. The largest absolute Gasteiger partial charge is 0.534 e. The van der Waals surface area contributed by atoms with Gasteiger partial charge in [-0.15, -0.1) is 0 Å². The molecule has 0 bridgehead atoms. The van der Waals surface area contributed by atoms with Crippen molar-refractivity contribution < 1.29 is 30.6 Å². The summed E-state index contributed by atoms with van der Waals surface area (Å²) in [6.07, 6.45) is 7.34. The molecule has 6 nitrogen and oxygen atoms in total. The van der Waals surface area contributed by atoms with Gasteiger partial charge >= 0.3 is 15.6 Å². The number of hydrogen-bond acceptors (Lipinski definition) is 5. The number of alkyl halides is 3. The fraction of sp³-hybridized carbons (Fsp3) is 0.526. The zero-order valence-electron chi connectivity index (χ0n) is 15.8. The number of hydrogen-bond donors (Lipinski definition) is 0. The van der Waals surface area contributed by atoms with Crippen molar-refractivity contribution in [3.63, 3.8) is 0 Å². The van der Waals surface area contributed by atoms with E-state index in [1.54, 1.807) is 6.08 Å². The first-order chi connectivity index (χ1) is 13.7. The molecule has 2 aliphatic rings. The van der Waals surface area contributed by atoms with Gasteiger partial charge in [-0.1, -0.05) is 12.1 Å². The maximum atomic E-state index is 12.6. The van der Waals surface area contributed by atoms with E-state index in [9.17, 15) is 26.4 Å². The van der Waals surface area contributed by atoms with Crippen molar-refractivity contribution in [2.75, 3.05) is 26.2 Å². The molecular weight excluding hydrogens is 409 g/mol. The molecule has 0 N–H and O–H groups in total. The van der Waals surface area contributed by atoms with Gasteiger partial charge in [-0.25, -0.2) is 0 Å². The van der Waals surface area contributed by atoms with Crippen LogP contribution in [0.25, 0.3) is 6.08 Å². The van der Waals surface area contributed by atoms with Crippen LogP contribution >= 0.6 is 0 Å². The number of rotatable bonds is 6. The molecule has 0 aromatic heterocycles. The normalized spacial score (nSPS) is 21.2. The van der Waals surface area contributed by atoms with Crippen molar-refractivity contribution in [1.29, 1.82) is 0 Å². The van der Waals surface area contributed by atoms with Crippen molar-refractivity contribution in [3.8, 4) is 5.75 Å². The molecule has 0 radical (unpaired) electrons. The SMILES string of the molecule is O=C(C=Cc1ccc(OS(=O)(=O)C(F)(F)F)cc1)N1CCC[C@H]1CN1CCCC1. The predicted molar refractivity (Wildman–Crippen MR) is 101 cm³/mol. The van der Waals surface area contributed by atoms with Gasteiger partial charge in [-0.2, -0.15) is 21.6 Å². The molecule has 0 saturated carbocycles. The van der Waals surface area contributed by atoms with E-state index in [1.807, 2.05) is 4.90 Å². The minimum absolute atomic E-state index is 0.105. The number of carbonyl (C=O) groups excluding carboxylic acids is 1. The van der Waals surface area contributed by atoms with Gasteiger partial charge in [0.2, 0.25) is 5.91 Å². The second-order valence-corrected chi connectivity index (χ2v) is 8.76. The number of carbonyl (C=O) groups is 1. The topological polar surface area (TPSA) is 66.9 Å². The maximum Gasteiger partial charge on any atom is 0.534 e. The van der Waals surface area contributed by atoms with Crippen LogP contribution in [0.2, 0.25) is 0 Å². The summed E-state index contributed by atoms with van der Waals surface area (Å²) < 4.78 is 63.1. The van der Waals surface area contributed by atoms with Gasteiger partial charge in [0.05, 0.1) is 0 Å². The van der Waals surface area contributed by atoms with E-state index in [4.69, 9.17) is 0 Å². The van der Waals surface area contributed by atoms with Gasteiger partial charge in [0, 0.05) is 25.2 Å². The molecule has 2 fully saturated rings. The molecule has 0 unspecified atom stereocenters. The van der Waals surface area contributed by atoms with Crippen molar-refractivity contribution in [3.05, 3.63) is 35.9 Å². The second kappa shape index (κ2) is 8.74. The third kappa shape index (κ3) is 5.51. The highest BCUT2D eigenvalue weighted by Gasteiger charge is 2.48. The van der Waals surface area contributed by atoms with Gasteiger partial charge in [0.15, 0.2) is 0 Å². The van der Waals surface area contributed by atoms with Gasteiger partial charge in [0.1, 0.15) is 5.75 Å². The summed E-state index contributed by atoms with van der Waals surface area (Å²) in [4.78, 5) is 16.8. The third-order valence-corrected chi connectivity index (χ3v) is 6.09. The van der Waals surface area contributed by atoms with Crippen LogP contribution in [0.15, 0.2) is 30.3 Å². The highest BCUT2D eigenvalue weighted by atomic mass is 32.2. The Bertz CT molecular complexity index is 847. The lowest BCUT2D eigenvalue weighted by molar-refractivity contribution is -0.127. The first-order valence-electron chi connectivity index (χ1n) is 9.47. The highest BCUT2D eigenvalue weighted by molar-refractivity contribution is 7.88. The Morgan fingerprint density at radius 3 is 2.38 bits per heavy atom. The second-order valence-electron chi connectivity index (χ2n) is 7.22. The van der Waals surface area contributed by atoms with E-state index in [2.05, 4.69) is 9.08 Å². The molecule has 2 saturated heterocycles. The summed E-state index contributed by atoms with van der Waals surface area (Å²) in [5.41, 5.74) is -4.94. The first kappa shape index (κ1) is 21.6. The molecule has 1 atom stereocenters. The standard InChI is InChI=1S/C19H23F3N2O4S/c20-19(21,22)29(26,27)28-17-8-5-15(6-9-17)7-10-18(25)24-13-3-4-16(24)14-23-11-1-2-12-23/h5-10,16H,1-4,11-14H2/t16-/m0/s1. The molecule has 2 aliphatic heterocycles. The molecule has 1 aromatic rings. The molecule has 29 heavy (non-hydrogen) atoms. The van der Waals surface area contributed by atoms with Crippen LogP contribution in [-0.4, -0.2) is 61.9 Å². The monoisotopic (exact) mass is 432 g/mol. The van der Waals surface area contributed by atoms with Crippen molar-refractivity contribution in [2.45, 2.75) is 37.2 Å². The highest BCUT2D eigenvalue weighted by Crippen LogP contribution is 2.27. The van der Waals surface area contributed by atoms with E-state index < -0.39 is 21.4 Å². The average Bonchev–Trinajstić information content (AvgIpc) is 3.32. The molecule has 0 aliphatic carbocycles. The minimum Gasteiger partial charge on any atom is -0.376 e. The lowest BCUT2D eigenvalue weighted by atomic mass is 10.2. The Kier molecular flexibility index (Phi) is 6.52. The van der Waals surface area contributed by atoms with Crippen LogP contribution in [0.1, 0.15) is 31.2 Å². The Morgan fingerprint density at radius 1 is 1.10 bits per heavy atom. The van der Waals surface area contributed by atoms with E-state index >= 15 is 0 Å². The fourth-order valence-corrected chi connectivity index (χ4v) is 4.11. The van der Waals surface area contributed by atoms with Gasteiger partial charge < -0.3 is 14.0 Å². The average molecular weight is 432 g/mol. The maximum absolute atomic E-state index is 12.6.